The normalized spacial score (nSPS) is 18.5. The number of hydrogen-bond acceptors (Lipinski definition) is 5. The molecule has 1 aromatic heterocycles. The molecule has 1 amide bonds. The SMILES string of the molecule is O=C(NCCNc1ncc(C(F)(F)F)cc1Cl)C1COCCO1. The molecule has 0 spiro atoms. The predicted octanol–water partition coefficient (Wildman–Crippen LogP) is 1.70. The second-order valence-corrected chi connectivity index (χ2v) is 5.11. The van der Waals surface area contributed by atoms with Gasteiger partial charge in [0.1, 0.15) is 5.82 Å². The lowest BCUT2D eigenvalue weighted by molar-refractivity contribution is -0.147. The van der Waals surface area contributed by atoms with Crippen LogP contribution in [0, 0.1) is 0 Å². The Hall–Kier alpha value is -1.58. The number of alkyl halides is 3. The number of halogens is 4. The highest BCUT2D eigenvalue weighted by Gasteiger charge is 2.31. The molecule has 1 atom stereocenters. The maximum Gasteiger partial charge on any atom is 0.417 e. The summed E-state index contributed by atoms with van der Waals surface area (Å²) in [5.74, 6) is -0.191. The maximum absolute atomic E-state index is 12.5. The van der Waals surface area contributed by atoms with Crippen LogP contribution in [0.2, 0.25) is 5.02 Å². The molecular formula is C13H15ClF3N3O3. The first-order valence-corrected chi connectivity index (χ1v) is 7.19. The molecule has 23 heavy (non-hydrogen) atoms. The van der Waals surface area contributed by atoms with Crippen molar-refractivity contribution in [1.82, 2.24) is 10.3 Å². The van der Waals surface area contributed by atoms with Gasteiger partial charge in [-0.1, -0.05) is 11.6 Å². The zero-order valence-electron chi connectivity index (χ0n) is 12.0. The summed E-state index contributed by atoms with van der Waals surface area (Å²) in [6.07, 6.45) is -4.44. The molecule has 2 heterocycles. The van der Waals surface area contributed by atoms with Crippen molar-refractivity contribution in [3.8, 4) is 0 Å². The van der Waals surface area contributed by atoms with Gasteiger partial charge in [0, 0.05) is 19.3 Å². The lowest BCUT2D eigenvalue weighted by atomic mass is 10.3. The van der Waals surface area contributed by atoms with Crippen LogP contribution in [0.5, 0.6) is 0 Å². The van der Waals surface area contributed by atoms with Crippen molar-refractivity contribution in [2.75, 3.05) is 38.2 Å². The molecule has 6 nitrogen and oxygen atoms in total. The van der Waals surface area contributed by atoms with Gasteiger partial charge in [0.15, 0.2) is 6.10 Å². The van der Waals surface area contributed by atoms with Crippen molar-refractivity contribution in [2.45, 2.75) is 12.3 Å². The molecule has 128 valence electrons. The standard InChI is InChI=1S/C13H15ClF3N3O3/c14-9-5-8(13(15,16)17)6-20-11(9)18-1-2-19-12(21)10-7-22-3-4-23-10/h5-6,10H,1-4,7H2,(H,18,20)(H,19,21). The number of anilines is 1. The Morgan fingerprint density at radius 1 is 1.39 bits per heavy atom. The summed E-state index contributed by atoms with van der Waals surface area (Å²) >= 11 is 5.75. The highest BCUT2D eigenvalue weighted by Crippen LogP contribution is 2.32. The van der Waals surface area contributed by atoms with Gasteiger partial charge in [-0.2, -0.15) is 13.2 Å². The molecule has 1 fully saturated rings. The van der Waals surface area contributed by atoms with Crippen LogP contribution in [0.4, 0.5) is 19.0 Å². The Morgan fingerprint density at radius 2 is 2.17 bits per heavy atom. The lowest BCUT2D eigenvalue weighted by Crippen LogP contribution is -2.44. The van der Waals surface area contributed by atoms with Crippen molar-refractivity contribution in [3.63, 3.8) is 0 Å². The molecule has 0 saturated carbocycles. The minimum atomic E-state index is -4.49. The van der Waals surface area contributed by atoms with Gasteiger partial charge in [0.05, 0.1) is 30.4 Å². The number of carbonyl (C=O) groups is 1. The summed E-state index contributed by atoms with van der Waals surface area (Å²) in [5.41, 5.74) is -0.921. The molecule has 0 radical (unpaired) electrons. The minimum Gasteiger partial charge on any atom is -0.376 e. The fourth-order valence-corrected chi connectivity index (χ4v) is 2.08. The van der Waals surface area contributed by atoms with Crippen LogP contribution in [0.1, 0.15) is 5.56 Å². The van der Waals surface area contributed by atoms with Crippen molar-refractivity contribution in [1.29, 1.82) is 0 Å². The van der Waals surface area contributed by atoms with Crippen LogP contribution in [0.25, 0.3) is 0 Å². The quantitative estimate of drug-likeness (QED) is 0.788. The number of carbonyl (C=O) groups excluding carboxylic acids is 1. The van der Waals surface area contributed by atoms with Crippen molar-refractivity contribution in [2.24, 2.45) is 0 Å². The van der Waals surface area contributed by atoms with E-state index in [2.05, 4.69) is 15.6 Å². The number of pyridine rings is 1. The van der Waals surface area contributed by atoms with Gasteiger partial charge in [-0.25, -0.2) is 4.98 Å². The third-order valence-corrected chi connectivity index (χ3v) is 3.28. The first-order valence-electron chi connectivity index (χ1n) is 6.81. The van der Waals surface area contributed by atoms with Crippen LogP contribution in [0.15, 0.2) is 12.3 Å². The maximum atomic E-state index is 12.5. The molecule has 1 unspecified atom stereocenters. The van der Waals surface area contributed by atoms with Crippen molar-refractivity contribution >= 4 is 23.3 Å². The van der Waals surface area contributed by atoms with Crippen LogP contribution < -0.4 is 10.6 Å². The average Bonchev–Trinajstić information content (AvgIpc) is 2.52. The van der Waals surface area contributed by atoms with Crippen LogP contribution in [-0.2, 0) is 20.4 Å². The molecule has 1 aromatic rings. The number of amides is 1. The van der Waals surface area contributed by atoms with E-state index < -0.39 is 17.8 Å². The Balaban J connectivity index is 1.77. The predicted molar refractivity (Wildman–Crippen MR) is 76.3 cm³/mol. The van der Waals surface area contributed by atoms with Gasteiger partial charge < -0.3 is 20.1 Å². The Morgan fingerprint density at radius 3 is 2.78 bits per heavy atom. The molecule has 2 rings (SSSR count). The Labute approximate surface area is 135 Å². The number of nitrogens with zero attached hydrogens (tertiary/aromatic N) is 1. The van der Waals surface area contributed by atoms with Crippen LogP contribution in [-0.4, -0.2) is 49.9 Å². The Bertz CT molecular complexity index is 551. The largest absolute Gasteiger partial charge is 0.417 e. The fourth-order valence-electron chi connectivity index (χ4n) is 1.84. The third-order valence-electron chi connectivity index (χ3n) is 2.99. The number of nitrogens with one attached hydrogen (secondary N) is 2. The molecule has 0 aromatic carbocycles. The molecule has 1 aliphatic heterocycles. The van der Waals surface area contributed by atoms with E-state index >= 15 is 0 Å². The van der Waals surface area contributed by atoms with E-state index in [0.29, 0.717) is 19.4 Å². The highest BCUT2D eigenvalue weighted by molar-refractivity contribution is 6.32. The van der Waals surface area contributed by atoms with Gasteiger partial charge in [-0.3, -0.25) is 4.79 Å². The fraction of sp³-hybridized carbons (Fsp3) is 0.538. The molecule has 0 aliphatic carbocycles. The number of hydrogen-bond donors (Lipinski definition) is 2. The van der Waals surface area contributed by atoms with Crippen LogP contribution in [0.3, 0.4) is 0 Å². The van der Waals surface area contributed by atoms with E-state index in [9.17, 15) is 18.0 Å². The molecule has 1 saturated heterocycles. The summed E-state index contributed by atoms with van der Waals surface area (Å²) in [5, 5.41) is 5.23. The van der Waals surface area contributed by atoms with Gasteiger partial charge in [-0.05, 0) is 6.07 Å². The molecule has 2 N–H and O–H groups in total. The second kappa shape index (κ2) is 7.80. The number of rotatable bonds is 5. The zero-order chi connectivity index (χ0) is 16.9. The third kappa shape index (κ3) is 5.22. The molecule has 1 aliphatic rings. The monoisotopic (exact) mass is 353 g/mol. The average molecular weight is 354 g/mol. The molecular weight excluding hydrogens is 339 g/mol. The summed E-state index contributed by atoms with van der Waals surface area (Å²) in [6, 6.07) is 0.794. The molecule has 10 heteroatoms. The highest BCUT2D eigenvalue weighted by atomic mass is 35.5. The second-order valence-electron chi connectivity index (χ2n) is 4.70. The number of aromatic nitrogens is 1. The van der Waals surface area contributed by atoms with E-state index in [1.807, 2.05) is 0 Å². The van der Waals surface area contributed by atoms with Gasteiger partial charge >= 0.3 is 6.18 Å². The summed E-state index contributed by atoms with van der Waals surface area (Å²) in [6.45, 7) is 1.51. The first kappa shape index (κ1) is 17.8. The summed E-state index contributed by atoms with van der Waals surface area (Å²) in [4.78, 5) is 15.4. The minimum absolute atomic E-state index is 0.117. The van der Waals surface area contributed by atoms with E-state index in [1.54, 1.807) is 0 Å². The van der Waals surface area contributed by atoms with E-state index in [1.165, 1.54) is 0 Å². The van der Waals surface area contributed by atoms with Gasteiger partial charge in [-0.15, -0.1) is 0 Å². The first-order chi connectivity index (χ1) is 10.9. The zero-order valence-corrected chi connectivity index (χ0v) is 12.7. The summed E-state index contributed by atoms with van der Waals surface area (Å²) in [7, 11) is 0. The van der Waals surface area contributed by atoms with Crippen LogP contribution >= 0.6 is 11.6 Å². The number of ether oxygens (including phenoxy) is 2. The topological polar surface area (TPSA) is 72.5 Å². The summed E-state index contributed by atoms with van der Waals surface area (Å²) < 4.78 is 47.8. The smallest absolute Gasteiger partial charge is 0.376 e. The van der Waals surface area contributed by atoms with Gasteiger partial charge in [0.2, 0.25) is 0 Å². The van der Waals surface area contributed by atoms with Crippen molar-refractivity contribution < 1.29 is 27.4 Å². The Kier molecular flexibility index (Phi) is 6.03. The van der Waals surface area contributed by atoms with E-state index in [0.717, 1.165) is 6.07 Å². The lowest BCUT2D eigenvalue weighted by Gasteiger charge is -2.22. The van der Waals surface area contributed by atoms with E-state index in [4.69, 9.17) is 21.1 Å². The van der Waals surface area contributed by atoms with E-state index in [-0.39, 0.29) is 36.4 Å². The molecule has 0 bridgehead atoms. The van der Waals surface area contributed by atoms with Gasteiger partial charge in [0.25, 0.3) is 5.91 Å². The van der Waals surface area contributed by atoms with Crippen molar-refractivity contribution in [3.05, 3.63) is 22.8 Å².